The molecule has 0 heterocycles. The Labute approximate surface area is 161 Å². The number of hydrogen-bond donors (Lipinski definition) is 3. The normalized spacial score (nSPS) is 11.0. The first kappa shape index (κ1) is 20.3. The minimum absolute atomic E-state index is 0.0980. The number of carbonyl (C=O) groups is 1. The maximum atomic E-state index is 11.7. The van der Waals surface area contributed by atoms with Gasteiger partial charge in [0, 0.05) is 19.2 Å². The van der Waals surface area contributed by atoms with E-state index in [1.54, 1.807) is 13.1 Å². The van der Waals surface area contributed by atoms with Gasteiger partial charge in [0.25, 0.3) is 5.91 Å². The number of rotatable bonds is 8. The van der Waals surface area contributed by atoms with Crippen LogP contribution in [-0.4, -0.2) is 38.6 Å². The lowest BCUT2D eigenvalue weighted by atomic mass is 10.1. The monoisotopic (exact) mass is 368 g/mol. The molecule has 0 aliphatic carbocycles. The van der Waals surface area contributed by atoms with Crippen LogP contribution in [0.5, 0.6) is 5.75 Å². The average Bonchev–Trinajstić information content (AvgIpc) is 2.70. The first-order chi connectivity index (χ1) is 13.1. The van der Waals surface area contributed by atoms with Crippen molar-refractivity contribution in [2.24, 2.45) is 4.99 Å². The van der Waals surface area contributed by atoms with Crippen LogP contribution in [0.15, 0.2) is 53.5 Å². The minimum Gasteiger partial charge on any atom is -0.492 e. The van der Waals surface area contributed by atoms with Gasteiger partial charge >= 0.3 is 0 Å². The van der Waals surface area contributed by atoms with Crippen LogP contribution >= 0.6 is 0 Å². The van der Waals surface area contributed by atoms with E-state index < -0.39 is 0 Å². The zero-order chi connectivity index (χ0) is 19.5. The number of carbonyl (C=O) groups excluding carboxylic acids is 1. The second-order valence-electron chi connectivity index (χ2n) is 6.06. The number of hydrogen-bond acceptors (Lipinski definition) is 3. The van der Waals surface area contributed by atoms with E-state index in [0.717, 1.165) is 23.8 Å². The molecule has 0 saturated heterocycles. The number of ether oxygens (including phenoxy) is 1. The predicted molar refractivity (Wildman–Crippen MR) is 109 cm³/mol. The molecule has 1 amide bonds. The lowest BCUT2D eigenvalue weighted by molar-refractivity contribution is 0.0963. The fourth-order valence-electron chi connectivity index (χ4n) is 2.44. The van der Waals surface area contributed by atoms with Crippen molar-refractivity contribution in [2.45, 2.75) is 20.4 Å². The zero-order valence-electron chi connectivity index (χ0n) is 16.2. The van der Waals surface area contributed by atoms with Gasteiger partial charge in [-0.25, -0.2) is 4.99 Å². The molecular weight excluding hydrogens is 340 g/mol. The molecule has 0 aromatic heterocycles. The van der Waals surface area contributed by atoms with Crippen molar-refractivity contribution >= 4 is 11.9 Å². The summed E-state index contributed by atoms with van der Waals surface area (Å²) in [4.78, 5) is 16.3. The number of benzene rings is 2. The number of guanidine groups is 1. The van der Waals surface area contributed by atoms with E-state index in [2.05, 4.69) is 27.9 Å². The minimum atomic E-state index is -0.0980. The molecule has 2 rings (SSSR count). The standard InChI is InChI=1S/C21H28N4O2/c1-4-23-21(24-12-13-27-19-10-8-16(2)9-11-19)25-15-17-6-5-7-18(14-17)20(26)22-3/h5-11,14H,4,12-13,15H2,1-3H3,(H,22,26)(H2,23,24,25). The van der Waals surface area contributed by atoms with E-state index in [4.69, 9.17) is 4.74 Å². The van der Waals surface area contributed by atoms with Crippen LogP contribution in [0, 0.1) is 6.92 Å². The Bertz CT molecular complexity index is 757. The Morgan fingerprint density at radius 2 is 1.89 bits per heavy atom. The second-order valence-corrected chi connectivity index (χ2v) is 6.06. The Kier molecular flexibility index (Phi) is 8.16. The first-order valence-corrected chi connectivity index (χ1v) is 9.15. The largest absolute Gasteiger partial charge is 0.492 e. The van der Waals surface area contributed by atoms with Crippen molar-refractivity contribution in [1.29, 1.82) is 0 Å². The fraction of sp³-hybridized carbons (Fsp3) is 0.333. The fourth-order valence-corrected chi connectivity index (χ4v) is 2.44. The number of nitrogens with zero attached hydrogens (tertiary/aromatic N) is 1. The van der Waals surface area contributed by atoms with Gasteiger partial charge in [-0.05, 0) is 43.7 Å². The van der Waals surface area contributed by atoms with Gasteiger partial charge in [-0.1, -0.05) is 29.8 Å². The summed E-state index contributed by atoms with van der Waals surface area (Å²) in [6, 6.07) is 15.5. The van der Waals surface area contributed by atoms with Gasteiger partial charge < -0.3 is 20.7 Å². The molecule has 0 aliphatic heterocycles. The third-order valence-electron chi connectivity index (χ3n) is 3.86. The molecule has 0 saturated carbocycles. The van der Waals surface area contributed by atoms with Crippen LogP contribution in [-0.2, 0) is 6.54 Å². The van der Waals surface area contributed by atoms with Gasteiger partial charge in [0.15, 0.2) is 5.96 Å². The third kappa shape index (κ3) is 7.01. The molecule has 27 heavy (non-hydrogen) atoms. The van der Waals surface area contributed by atoms with Gasteiger partial charge in [0.1, 0.15) is 12.4 Å². The molecule has 0 unspecified atom stereocenters. The molecule has 6 heteroatoms. The third-order valence-corrected chi connectivity index (χ3v) is 3.86. The molecular formula is C21H28N4O2. The number of nitrogens with one attached hydrogen (secondary N) is 3. The van der Waals surface area contributed by atoms with Gasteiger partial charge in [-0.3, -0.25) is 4.79 Å². The second kappa shape index (κ2) is 10.9. The van der Waals surface area contributed by atoms with Crippen LogP contribution in [0.2, 0.25) is 0 Å². The summed E-state index contributed by atoms with van der Waals surface area (Å²) in [7, 11) is 1.62. The number of aliphatic imine (C=N–C) groups is 1. The van der Waals surface area contributed by atoms with Crippen LogP contribution in [0.4, 0.5) is 0 Å². The molecule has 144 valence electrons. The van der Waals surface area contributed by atoms with E-state index in [0.29, 0.717) is 25.3 Å². The van der Waals surface area contributed by atoms with Crippen LogP contribution in [0.1, 0.15) is 28.4 Å². The summed E-state index contributed by atoms with van der Waals surface area (Å²) in [6.45, 7) is 6.50. The summed E-state index contributed by atoms with van der Waals surface area (Å²) in [5.74, 6) is 1.48. The van der Waals surface area contributed by atoms with Crippen LogP contribution in [0.3, 0.4) is 0 Å². The number of amides is 1. The summed E-state index contributed by atoms with van der Waals surface area (Å²) in [5.41, 5.74) is 2.82. The molecule has 0 aliphatic rings. The van der Waals surface area contributed by atoms with Crippen molar-refractivity contribution in [2.75, 3.05) is 26.7 Å². The quantitative estimate of drug-likeness (QED) is 0.380. The van der Waals surface area contributed by atoms with Crippen molar-refractivity contribution < 1.29 is 9.53 Å². The maximum Gasteiger partial charge on any atom is 0.251 e. The van der Waals surface area contributed by atoms with Crippen LogP contribution < -0.4 is 20.7 Å². The van der Waals surface area contributed by atoms with Crippen molar-refractivity contribution in [1.82, 2.24) is 16.0 Å². The Hall–Kier alpha value is -3.02. The maximum absolute atomic E-state index is 11.7. The zero-order valence-corrected chi connectivity index (χ0v) is 16.2. The molecule has 6 nitrogen and oxygen atoms in total. The molecule has 0 fully saturated rings. The smallest absolute Gasteiger partial charge is 0.251 e. The highest BCUT2D eigenvalue weighted by Crippen LogP contribution is 2.10. The lowest BCUT2D eigenvalue weighted by Crippen LogP contribution is -2.39. The topological polar surface area (TPSA) is 74.8 Å². The van der Waals surface area contributed by atoms with E-state index >= 15 is 0 Å². The van der Waals surface area contributed by atoms with Crippen molar-refractivity contribution in [3.05, 3.63) is 65.2 Å². The van der Waals surface area contributed by atoms with Crippen molar-refractivity contribution in [3.63, 3.8) is 0 Å². The predicted octanol–water partition coefficient (Wildman–Crippen LogP) is 2.49. The molecule has 3 N–H and O–H groups in total. The van der Waals surface area contributed by atoms with Crippen LogP contribution in [0.25, 0.3) is 0 Å². The Balaban J connectivity index is 1.86. The summed E-state index contributed by atoms with van der Waals surface area (Å²) >= 11 is 0. The van der Waals surface area contributed by atoms with E-state index in [9.17, 15) is 4.79 Å². The van der Waals surface area contributed by atoms with Gasteiger partial charge in [-0.2, -0.15) is 0 Å². The molecule has 0 spiro atoms. The van der Waals surface area contributed by atoms with Crippen molar-refractivity contribution in [3.8, 4) is 5.75 Å². The van der Waals surface area contributed by atoms with E-state index in [1.165, 1.54) is 5.56 Å². The van der Waals surface area contributed by atoms with E-state index in [-0.39, 0.29) is 5.91 Å². The average molecular weight is 368 g/mol. The molecule has 0 atom stereocenters. The highest BCUT2D eigenvalue weighted by Gasteiger charge is 2.04. The highest BCUT2D eigenvalue weighted by atomic mass is 16.5. The molecule has 2 aromatic carbocycles. The lowest BCUT2D eigenvalue weighted by Gasteiger charge is -2.12. The molecule has 0 radical (unpaired) electrons. The summed E-state index contributed by atoms with van der Waals surface area (Å²) in [6.07, 6.45) is 0. The highest BCUT2D eigenvalue weighted by molar-refractivity contribution is 5.94. The van der Waals surface area contributed by atoms with E-state index in [1.807, 2.05) is 49.4 Å². The summed E-state index contributed by atoms with van der Waals surface area (Å²) in [5, 5.41) is 9.10. The first-order valence-electron chi connectivity index (χ1n) is 9.15. The van der Waals surface area contributed by atoms with Gasteiger partial charge in [0.05, 0.1) is 13.1 Å². The summed E-state index contributed by atoms with van der Waals surface area (Å²) < 4.78 is 5.72. The molecule has 2 aromatic rings. The van der Waals surface area contributed by atoms with Gasteiger partial charge in [0.2, 0.25) is 0 Å². The Morgan fingerprint density at radius 1 is 1.11 bits per heavy atom. The SMILES string of the molecule is CCNC(=NCc1cccc(C(=O)NC)c1)NCCOc1ccc(C)cc1. The molecule has 0 bridgehead atoms. The number of aryl methyl sites for hydroxylation is 1. The Morgan fingerprint density at radius 3 is 2.59 bits per heavy atom. The van der Waals surface area contributed by atoms with Gasteiger partial charge in [-0.15, -0.1) is 0 Å².